The summed E-state index contributed by atoms with van der Waals surface area (Å²) in [6.45, 7) is 0. The number of halogens is 2. The molecule has 1 unspecified atom stereocenters. The average molecular weight is 313 g/mol. The number of nitrogens with one attached hydrogen (secondary N) is 1. The minimum absolute atomic E-state index is 0.303. The second-order valence-corrected chi connectivity index (χ2v) is 5.79. The molecule has 3 rings (SSSR count). The van der Waals surface area contributed by atoms with Gasteiger partial charge in [-0.05, 0) is 12.1 Å². The fraction of sp³-hybridized carbons (Fsp3) is 0.0833. The summed E-state index contributed by atoms with van der Waals surface area (Å²) in [5.41, 5.74) is 0.891. The van der Waals surface area contributed by atoms with Crippen LogP contribution in [-0.4, -0.2) is 16.7 Å². The summed E-state index contributed by atoms with van der Waals surface area (Å²) in [7, 11) is 0. The van der Waals surface area contributed by atoms with Crippen LogP contribution in [0.4, 0.5) is 5.69 Å². The molecular weight excluding hydrogens is 307 g/mol. The summed E-state index contributed by atoms with van der Waals surface area (Å²) in [5, 5.41) is 5.15. The summed E-state index contributed by atoms with van der Waals surface area (Å²) in [6.07, 6.45) is 1.42. The number of hydrogen-bond donors (Lipinski definition) is 1. The van der Waals surface area contributed by atoms with Crippen LogP contribution in [0.15, 0.2) is 23.7 Å². The van der Waals surface area contributed by atoms with E-state index >= 15 is 0 Å². The molecule has 0 aliphatic carbocycles. The number of thiophene rings is 1. The Morgan fingerprint density at radius 1 is 1.32 bits per heavy atom. The molecule has 1 aliphatic rings. The van der Waals surface area contributed by atoms with Crippen molar-refractivity contribution in [2.75, 3.05) is 5.32 Å². The van der Waals surface area contributed by atoms with Gasteiger partial charge in [-0.2, -0.15) is 0 Å². The third kappa shape index (κ3) is 2.14. The van der Waals surface area contributed by atoms with Crippen LogP contribution in [0.2, 0.25) is 10.0 Å². The Bertz CT molecular complexity index is 699. The van der Waals surface area contributed by atoms with E-state index in [-0.39, 0.29) is 11.7 Å². The van der Waals surface area contributed by atoms with E-state index in [4.69, 9.17) is 23.2 Å². The van der Waals surface area contributed by atoms with Crippen molar-refractivity contribution in [3.63, 3.8) is 0 Å². The van der Waals surface area contributed by atoms with Crippen LogP contribution in [0.1, 0.15) is 21.3 Å². The molecule has 0 spiro atoms. The quantitative estimate of drug-likeness (QED) is 0.683. The highest BCUT2D eigenvalue weighted by Crippen LogP contribution is 2.35. The number of Topliss-reactive ketones (excluding diaryl/α,β-unsaturated/α-hetero) is 1. The molecule has 19 heavy (non-hydrogen) atoms. The molecule has 3 heterocycles. The van der Waals surface area contributed by atoms with E-state index in [0.29, 0.717) is 26.3 Å². The molecule has 0 bridgehead atoms. The van der Waals surface area contributed by atoms with Crippen molar-refractivity contribution in [1.29, 1.82) is 0 Å². The van der Waals surface area contributed by atoms with E-state index in [1.165, 1.54) is 17.5 Å². The van der Waals surface area contributed by atoms with Gasteiger partial charge in [-0.15, -0.1) is 11.3 Å². The number of nitrogens with zero attached hydrogens (tertiary/aromatic N) is 1. The van der Waals surface area contributed by atoms with E-state index in [2.05, 4.69) is 10.3 Å². The van der Waals surface area contributed by atoms with Gasteiger partial charge in [-0.1, -0.05) is 23.2 Å². The minimum Gasteiger partial charge on any atom is -0.323 e. The molecule has 0 radical (unpaired) electrons. The van der Waals surface area contributed by atoms with Gasteiger partial charge >= 0.3 is 0 Å². The average Bonchev–Trinajstić information content (AvgIpc) is 2.91. The summed E-state index contributed by atoms with van der Waals surface area (Å²) in [4.78, 5) is 28.8. The van der Waals surface area contributed by atoms with Crippen LogP contribution in [-0.2, 0) is 4.79 Å². The predicted molar refractivity (Wildman–Crippen MR) is 74.3 cm³/mol. The number of anilines is 1. The first kappa shape index (κ1) is 12.6. The van der Waals surface area contributed by atoms with E-state index in [0.717, 1.165) is 0 Å². The van der Waals surface area contributed by atoms with Gasteiger partial charge < -0.3 is 5.32 Å². The fourth-order valence-electron chi connectivity index (χ4n) is 1.94. The number of carbonyl (C=O) groups excluding carboxylic acids is 2. The van der Waals surface area contributed by atoms with E-state index in [1.54, 1.807) is 17.5 Å². The normalized spacial score (nSPS) is 17.2. The smallest absolute Gasteiger partial charge is 0.241 e. The van der Waals surface area contributed by atoms with E-state index < -0.39 is 5.92 Å². The Hall–Kier alpha value is -1.43. The van der Waals surface area contributed by atoms with Crippen LogP contribution < -0.4 is 5.32 Å². The van der Waals surface area contributed by atoms with Gasteiger partial charge in [-0.3, -0.25) is 14.6 Å². The molecule has 1 atom stereocenters. The zero-order valence-corrected chi connectivity index (χ0v) is 11.6. The predicted octanol–water partition coefficient (Wildman–Crippen LogP) is 3.37. The zero-order valence-electron chi connectivity index (χ0n) is 9.31. The molecule has 2 aromatic rings. The van der Waals surface area contributed by atoms with Gasteiger partial charge in [0.15, 0.2) is 5.78 Å². The molecule has 0 aromatic carbocycles. The second-order valence-electron chi connectivity index (χ2n) is 4.00. The number of ketones is 1. The van der Waals surface area contributed by atoms with Crippen molar-refractivity contribution in [3.8, 4) is 0 Å². The van der Waals surface area contributed by atoms with Crippen molar-refractivity contribution in [3.05, 3.63) is 44.3 Å². The van der Waals surface area contributed by atoms with Crippen LogP contribution in [0, 0.1) is 0 Å². The lowest BCUT2D eigenvalue weighted by Crippen LogP contribution is -2.20. The molecule has 0 fully saturated rings. The molecular formula is C12H6Cl2N2O2S. The lowest BCUT2D eigenvalue weighted by atomic mass is 10.00. The topological polar surface area (TPSA) is 59.1 Å². The first-order valence-electron chi connectivity index (χ1n) is 5.31. The first-order chi connectivity index (χ1) is 9.06. The van der Waals surface area contributed by atoms with Crippen molar-refractivity contribution in [2.24, 2.45) is 0 Å². The minimum atomic E-state index is -0.929. The number of aromatic nitrogens is 1. The standard InChI is InChI=1S/C12H6Cl2N2O2S/c13-5-1-7-10(15-3-5)9(12(18)16-7)11(17)8-2-6(14)4-19-8/h1-4,9H,(H,16,18). The molecule has 0 saturated heterocycles. The highest BCUT2D eigenvalue weighted by molar-refractivity contribution is 7.12. The maximum Gasteiger partial charge on any atom is 0.241 e. The number of rotatable bonds is 2. The molecule has 1 N–H and O–H groups in total. The Morgan fingerprint density at radius 3 is 2.79 bits per heavy atom. The Kier molecular flexibility index (Phi) is 3.05. The largest absolute Gasteiger partial charge is 0.323 e. The lowest BCUT2D eigenvalue weighted by Gasteiger charge is -2.04. The third-order valence-corrected chi connectivity index (χ3v) is 4.25. The Labute approximate surface area is 122 Å². The Balaban J connectivity index is 2.02. The number of carbonyl (C=O) groups is 2. The molecule has 7 heteroatoms. The van der Waals surface area contributed by atoms with Crippen LogP contribution >= 0.6 is 34.5 Å². The summed E-state index contributed by atoms with van der Waals surface area (Å²) >= 11 is 12.8. The van der Waals surface area contributed by atoms with Gasteiger partial charge in [0.05, 0.1) is 26.3 Å². The third-order valence-electron chi connectivity index (χ3n) is 2.75. The number of hydrogen-bond acceptors (Lipinski definition) is 4. The van der Waals surface area contributed by atoms with Crippen molar-refractivity contribution >= 4 is 51.9 Å². The molecule has 1 amide bonds. The van der Waals surface area contributed by atoms with Crippen LogP contribution in [0.3, 0.4) is 0 Å². The molecule has 2 aromatic heterocycles. The van der Waals surface area contributed by atoms with Gasteiger partial charge in [-0.25, -0.2) is 0 Å². The monoisotopic (exact) mass is 312 g/mol. The number of amides is 1. The van der Waals surface area contributed by atoms with Gasteiger partial charge in [0.25, 0.3) is 0 Å². The molecule has 4 nitrogen and oxygen atoms in total. The number of fused-ring (bicyclic) bond motifs is 1. The SMILES string of the molecule is O=C1Nc2cc(Cl)cnc2C1C(=O)c1cc(Cl)cs1. The van der Waals surface area contributed by atoms with Crippen molar-refractivity contribution in [2.45, 2.75) is 5.92 Å². The maximum absolute atomic E-state index is 12.3. The summed E-state index contributed by atoms with van der Waals surface area (Å²) in [6, 6.07) is 3.13. The zero-order chi connectivity index (χ0) is 13.6. The van der Waals surface area contributed by atoms with Crippen molar-refractivity contribution < 1.29 is 9.59 Å². The maximum atomic E-state index is 12.3. The van der Waals surface area contributed by atoms with Gasteiger partial charge in [0.2, 0.25) is 5.91 Å². The lowest BCUT2D eigenvalue weighted by molar-refractivity contribution is -0.116. The number of pyridine rings is 1. The summed E-state index contributed by atoms with van der Waals surface area (Å²) < 4.78 is 0. The van der Waals surface area contributed by atoms with Gasteiger partial charge in [0, 0.05) is 11.6 Å². The van der Waals surface area contributed by atoms with Crippen LogP contribution in [0.5, 0.6) is 0 Å². The van der Waals surface area contributed by atoms with E-state index in [1.807, 2.05) is 0 Å². The molecule has 0 saturated carbocycles. The fourth-order valence-corrected chi connectivity index (χ4v) is 3.14. The van der Waals surface area contributed by atoms with Crippen molar-refractivity contribution in [1.82, 2.24) is 4.98 Å². The van der Waals surface area contributed by atoms with Crippen LogP contribution in [0.25, 0.3) is 0 Å². The Morgan fingerprint density at radius 2 is 2.11 bits per heavy atom. The highest BCUT2D eigenvalue weighted by Gasteiger charge is 2.38. The highest BCUT2D eigenvalue weighted by atomic mass is 35.5. The van der Waals surface area contributed by atoms with Gasteiger partial charge in [0.1, 0.15) is 5.92 Å². The summed E-state index contributed by atoms with van der Waals surface area (Å²) in [5.74, 6) is -1.62. The van der Waals surface area contributed by atoms with E-state index in [9.17, 15) is 9.59 Å². The molecule has 1 aliphatic heterocycles. The second kappa shape index (κ2) is 4.59. The molecule has 96 valence electrons. The first-order valence-corrected chi connectivity index (χ1v) is 6.94.